The van der Waals surface area contributed by atoms with Gasteiger partial charge in [0.05, 0.1) is 0 Å². The van der Waals surface area contributed by atoms with Crippen LogP contribution in [0.4, 0.5) is 0 Å². The van der Waals surface area contributed by atoms with Gasteiger partial charge >= 0.3 is 0 Å². The Bertz CT molecular complexity index is 327. The van der Waals surface area contributed by atoms with Crippen LogP contribution in [0.25, 0.3) is 0 Å². The average Bonchev–Trinajstić information content (AvgIpc) is 2.25. The number of aliphatic hydroxyl groups is 1. The molecule has 0 saturated heterocycles. The van der Waals surface area contributed by atoms with Crippen molar-refractivity contribution in [1.29, 1.82) is 0 Å². The van der Waals surface area contributed by atoms with Crippen LogP contribution in [0.1, 0.15) is 38.4 Å². The van der Waals surface area contributed by atoms with E-state index in [1.165, 1.54) is 5.56 Å². The summed E-state index contributed by atoms with van der Waals surface area (Å²) in [6.45, 7) is 9.58. The quantitative estimate of drug-likeness (QED) is 0.824. The molecule has 1 atom stereocenters. The lowest BCUT2D eigenvalue weighted by molar-refractivity contribution is 0.196. The minimum atomic E-state index is 0.154. The van der Waals surface area contributed by atoms with Gasteiger partial charge in [-0.3, -0.25) is 4.98 Å². The van der Waals surface area contributed by atoms with E-state index in [0.29, 0.717) is 6.04 Å². The fraction of sp³-hybridized carbons (Fsp3) is 0.643. The Kier molecular flexibility index (Phi) is 5.09. The van der Waals surface area contributed by atoms with E-state index >= 15 is 0 Å². The summed E-state index contributed by atoms with van der Waals surface area (Å²) in [5.41, 5.74) is 2.38. The van der Waals surface area contributed by atoms with Gasteiger partial charge in [0.15, 0.2) is 0 Å². The number of hydrogen-bond acceptors (Lipinski definition) is 3. The summed E-state index contributed by atoms with van der Waals surface area (Å²) in [6.07, 6.45) is 2.68. The van der Waals surface area contributed by atoms with Gasteiger partial charge < -0.3 is 10.4 Å². The summed E-state index contributed by atoms with van der Waals surface area (Å²) in [5.74, 6) is 0. The number of aromatic nitrogens is 1. The summed E-state index contributed by atoms with van der Waals surface area (Å²) in [6, 6.07) is 4.43. The van der Waals surface area contributed by atoms with E-state index in [-0.39, 0.29) is 12.0 Å². The van der Waals surface area contributed by atoms with Gasteiger partial charge in [-0.2, -0.15) is 0 Å². The first kappa shape index (κ1) is 14.1. The van der Waals surface area contributed by atoms with E-state index in [9.17, 15) is 0 Å². The third kappa shape index (κ3) is 4.84. The topological polar surface area (TPSA) is 45.1 Å². The molecule has 0 aliphatic carbocycles. The Morgan fingerprint density at radius 1 is 1.35 bits per heavy atom. The number of aliphatic hydroxyl groups excluding tert-OH is 1. The van der Waals surface area contributed by atoms with E-state index in [0.717, 1.165) is 18.7 Å². The van der Waals surface area contributed by atoms with Crippen molar-refractivity contribution in [3.63, 3.8) is 0 Å². The first-order chi connectivity index (χ1) is 7.93. The summed E-state index contributed by atoms with van der Waals surface area (Å²) in [4.78, 5) is 4.28. The SMILES string of the molecule is Cc1ccc(CNC(CCO)C(C)(C)C)cn1. The van der Waals surface area contributed by atoms with Gasteiger partial charge in [0, 0.05) is 31.1 Å². The number of nitrogens with zero attached hydrogens (tertiary/aromatic N) is 1. The highest BCUT2D eigenvalue weighted by Crippen LogP contribution is 2.21. The zero-order valence-electron chi connectivity index (χ0n) is 11.3. The highest BCUT2D eigenvalue weighted by atomic mass is 16.3. The van der Waals surface area contributed by atoms with Gasteiger partial charge in [-0.1, -0.05) is 26.8 Å². The van der Waals surface area contributed by atoms with Crippen LogP contribution >= 0.6 is 0 Å². The summed E-state index contributed by atoms with van der Waals surface area (Å²) in [5, 5.41) is 12.6. The Morgan fingerprint density at radius 2 is 2.06 bits per heavy atom. The molecule has 0 aliphatic heterocycles. The number of rotatable bonds is 5. The molecule has 0 aliphatic rings. The maximum Gasteiger partial charge on any atom is 0.0446 e. The molecule has 0 saturated carbocycles. The average molecular weight is 236 g/mol. The van der Waals surface area contributed by atoms with Crippen LogP contribution in [0.3, 0.4) is 0 Å². The second kappa shape index (κ2) is 6.12. The molecule has 1 rings (SSSR count). The number of pyridine rings is 1. The summed E-state index contributed by atoms with van der Waals surface area (Å²) >= 11 is 0. The predicted molar refractivity (Wildman–Crippen MR) is 70.8 cm³/mol. The van der Waals surface area contributed by atoms with Crippen LogP contribution < -0.4 is 5.32 Å². The lowest BCUT2D eigenvalue weighted by atomic mass is 9.85. The number of aryl methyl sites for hydroxylation is 1. The van der Waals surface area contributed by atoms with Crippen LogP contribution in [0.15, 0.2) is 18.3 Å². The second-order valence-electron chi connectivity index (χ2n) is 5.62. The molecule has 0 amide bonds. The fourth-order valence-electron chi connectivity index (χ4n) is 1.81. The monoisotopic (exact) mass is 236 g/mol. The third-order valence-electron chi connectivity index (χ3n) is 2.99. The van der Waals surface area contributed by atoms with Crippen LogP contribution in [0.5, 0.6) is 0 Å². The van der Waals surface area contributed by atoms with Gasteiger partial charge in [-0.15, -0.1) is 0 Å². The minimum absolute atomic E-state index is 0.154. The van der Waals surface area contributed by atoms with Gasteiger partial charge in [0.25, 0.3) is 0 Å². The molecule has 2 N–H and O–H groups in total. The van der Waals surface area contributed by atoms with E-state index in [1.54, 1.807) is 0 Å². The van der Waals surface area contributed by atoms with E-state index in [2.05, 4.69) is 37.1 Å². The van der Waals surface area contributed by atoms with Gasteiger partial charge in [0.2, 0.25) is 0 Å². The molecule has 0 fully saturated rings. The molecule has 3 heteroatoms. The van der Waals surface area contributed by atoms with Crippen molar-refractivity contribution in [3.05, 3.63) is 29.6 Å². The molecule has 0 bridgehead atoms. The molecule has 0 radical (unpaired) electrons. The van der Waals surface area contributed by atoms with Crippen LogP contribution in [-0.2, 0) is 6.54 Å². The Morgan fingerprint density at radius 3 is 2.53 bits per heavy atom. The molecule has 17 heavy (non-hydrogen) atoms. The molecule has 0 aromatic carbocycles. The maximum atomic E-state index is 9.08. The molecule has 96 valence electrons. The highest BCUT2D eigenvalue weighted by Gasteiger charge is 2.23. The van der Waals surface area contributed by atoms with Gasteiger partial charge in [-0.25, -0.2) is 0 Å². The Hall–Kier alpha value is -0.930. The van der Waals surface area contributed by atoms with Crippen LogP contribution in [0, 0.1) is 12.3 Å². The summed E-state index contributed by atoms with van der Waals surface area (Å²) < 4.78 is 0. The predicted octanol–water partition coefficient (Wildman–Crippen LogP) is 2.28. The van der Waals surface area contributed by atoms with E-state index < -0.39 is 0 Å². The van der Waals surface area contributed by atoms with E-state index in [1.807, 2.05) is 19.2 Å². The highest BCUT2D eigenvalue weighted by molar-refractivity contribution is 5.13. The fourth-order valence-corrected chi connectivity index (χ4v) is 1.81. The van der Waals surface area contributed by atoms with E-state index in [4.69, 9.17) is 5.11 Å². The van der Waals surface area contributed by atoms with Crippen LogP contribution in [-0.4, -0.2) is 22.7 Å². The number of hydrogen-bond donors (Lipinski definition) is 2. The van der Waals surface area contributed by atoms with Crippen molar-refractivity contribution in [2.75, 3.05) is 6.61 Å². The zero-order chi connectivity index (χ0) is 12.9. The van der Waals surface area contributed by atoms with Crippen LogP contribution in [0.2, 0.25) is 0 Å². The molecule has 1 heterocycles. The summed E-state index contributed by atoms with van der Waals surface area (Å²) in [7, 11) is 0. The molecule has 0 spiro atoms. The minimum Gasteiger partial charge on any atom is -0.396 e. The molecule has 3 nitrogen and oxygen atoms in total. The zero-order valence-corrected chi connectivity index (χ0v) is 11.3. The molecule has 1 aromatic rings. The number of nitrogens with one attached hydrogen (secondary N) is 1. The van der Waals surface area contributed by atoms with Crippen molar-refractivity contribution in [3.8, 4) is 0 Å². The Balaban J connectivity index is 2.54. The van der Waals surface area contributed by atoms with Crippen molar-refractivity contribution in [2.24, 2.45) is 5.41 Å². The third-order valence-corrected chi connectivity index (χ3v) is 2.99. The molecule has 1 aromatic heterocycles. The first-order valence-electron chi connectivity index (χ1n) is 6.19. The normalized spacial score (nSPS) is 13.7. The van der Waals surface area contributed by atoms with Crippen molar-refractivity contribution in [2.45, 2.75) is 46.7 Å². The molecular formula is C14H24N2O. The standard InChI is InChI=1S/C14H24N2O/c1-11-5-6-12(9-15-11)10-16-13(7-8-17)14(2,3)4/h5-6,9,13,16-17H,7-8,10H2,1-4H3. The lowest BCUT2D eigenvalue weighted by Gasteiger charge is -2.31. The second-order valence-corrected chi connectivity index (χ2v) is 5.62. The van der Waals surface area contributed by atoms with Crippen molar-refractivity contribution in [1.82, 2.24) is 10.3 Å². The molecule has 1 unspecified atom stereocenters. The molecular weight excluding hydrogens is 212 g/mol. The first-order valence-corrected chi connectivity index (χ1v) is 6.19. The largest absolute Gasteiger partial charge is 0.396 e. The van der Waals surface area contributed by atoms with Crippen molar-refractivity contribution < 1.29 is 5.11 Å². The van der Waals surface area contributed by atoms with Gasteiger partial charge in [-0.05, 0) is 30.4 Å². The Labute approximate surface area is 104 Å². The smallest absolute Gasteiger partial charge is 0.0446 e. The van der Waals surface area contributed by atoms with Gasteiger partial charge in [0.1, 0.15) is 0 Å². The lowest BCUT2D eigenvalue weighted by Crippen LogP contribution is -2.40. The van der Waals surface area contributed by atoms with Crippen molar-refractivity contribution >= 4 is 0 Å². The maximum absolute atomic E-state index is 9.08.